The van der Waals surface area contributed by atoms with E-state index in [-0.39, 0.29) is 25.2 Å². The number of aromatic nitrogens is 3. The SMILES string of the molecule is CCOc1ccc(N(C(=O)OC(C)(C)C)c2c(CCO)c(NC3CCCN(C(=O)OC(C)(C)C)C3)nc3ccnn23)cc1. The van der Waals surface area contributed by atoms with E-state index < -0.39 is 17.3 Å². The number of carbonyl (C=O) groups is 2. The number of carbonyl (C=O) groups excluding carboxylic acids is 2. The zero-order valence-corrected chi connectivity index (χ0v) is 26.2. The van der Waals surface area contributed by atoms with Crippen LogP contribution in [-0.4, -0.2) is 80.3 Å². The molecule has 1 fully saturated rings. The summed E-state index contributed by atoms with van der Waals surface area (Å²) in [5.74, 6) is 1.55. The van der Waals surface area contributed by atoms with Crippen LogP contribution in [0.5, 0.6) is 5.75 Å². The highest BCUT2D eigenvalue weighted by Crippen LogP contribution is 2.36. The molecule has 0 radical (unpaired) electrons. The number of aliphatic hydroxyl groups is 1. The number of anilines is 3. The molecule has 0 bridgehead atoms. The van der Waals surface area contributed by atoms with E-state index in [1.54, 1.807) is 66.7 Å². The molecule has 1 aliphatic heterocycles. The highest BCUT2D eigenvalue weighted by molar-refractivity contribution is 5.97. The Balaban J connectivity index is 1.79. The second kappa shape index (κ2) is 13.1. The van der Waals surface area contributed by atoms with Crippen LogP contribution in [0.15, 0.2) is 36.5 Å². The minimum absolute atomic E-state index is 0.134. The molecular formula is C31H44N6O6. The monoisotopic (exact) mass is 596 g/mol. The van der Waals surface area contributed by atoms with Gasteiger partial charge in [-0.05, 0) is 85.6 Å². The number of nitrogens with one attached hydrogen (secondary N) is 1. The van der Waals surface area contributed by atoms with E-state index in [9.17, 15) is 14.7 Å². The summed E-state index contributed by atoms with van der Waals surface area (Å²) in [7, 11) is 0. The molecule has 3 heterocycles. The highest BCUT2D eigenvalue weighted by Gasteiger charge is 2.33. The number of likely N-dealkylation sites (tertiary alicyclic amines) is 1. The molecule has 0 saturated carbocycles. The minimum atomic E-state index is -0.775. The molecule has 1 aromatic carbocycles. The van der Waals surface area contributed by atoms with Gasteiger partial charge in [-0.25, -0.2) is 19.5 Å². The summed E-state index contributed by atoms with van der Waals surface area (Å²) in [6, 6.07) is 8.74. The van der Waals surface area contributed by atoms with Gasteiger partial charge < -0.3 is 29.5 Å². The first-order valence-corrected chi connectivity index (χ1v) is 14.8. The molecule has 12 nitrogen and oxygen atoms in total. The summed E-state index contributed by atoms with van der Waals surface area (Å²) >= 11 is 0. The first-order chi connectivity index (χ1) is 20.3. The number of piperidine rings is 1. The summed E-state index contributed by atoms with van der Waals surface area (Å²) in [4.78, 5) is 34.7. The van der Waals surface area contributed by atoms with Crippen molar-refractivity contribution in [3.8, 4) is 5.75 Å². The Morgan fingerprint density at radius 1 is 1.07 bits per heavy atom. The van der Waals surface area contributed by atoms with Gasteiger partial charge in [-0.15, -0.1) is 0 Å². The molecule has 1 unspecified atom stereocenters. The van der Waals surface area contributed by atoms with Gasteiger partial charge in [0.25, 0.3) is 0 Å². The van der Waals surface area contributed by atoms with Gasteiger partial charge in [0.05, 0.1) is 18.5 Å². The smallest absolute Gasteiger partial charge is 0.420 e. The number of fused-ring (bicyclic) bond motifs is 1. The average Bonchev–Trinajstić information content (AvgIpc) is 3.38. The first kappa shape index (κ1) is 31.9. The Hall–Kier alpha value is -4.06. The fourth-order valence-corrected chi connectivity index (χ4v) is 4.91. The van der Waals surface area contributed by atoms with Crippen LogP contribution in [0.25, 0.3) is 5.65 Å². The zero-order valence-electron chi connectivity index (χ0n) is 26.2. The molecule has 2 N–H and O–H groups in total. The van der Waals surface area contributed by atoms with E-state index >= 15 is 0 Å². The van der Waals surface area contributed by atoms with Gasteiger partial charge in [0.2, 0.25) is 0 Å². The molecule has 2 amide bonds. The van der Waals surface area contributed by atoms with Gasteiger partial charge in [-0.1, -0.05) is 0 Å². The van der Waals surface area contributed by atoms with Crippen molar-refractivity contribution in [2.45, 2.75) is 85.0 Å². The molecule has 2 aromatic heterocycles. The number of amides is 2. The van der Waals surface area contributed by atoms with Gasteiger partial charge in [0, 0.05) is 43.8 Å². The predicted octanol–water partition coefficient (Wildman–Crippen LogP) is 5.55. The summed E-state index contributed by atoms with van der Waals surface area (Å²) in [5.41, 5.74) is 0.231. The van der Waals surface area contributed by atoms with Crippen LogP contribution in [0.4, 0.5) is 26.9 Å². The molecule has 12 heteroatoms. The number of hydrogen-bond donors (Lipinski definition) is 2. The number of nitrogens with zero attached hydrogens (tertiary/aromatic N) is 5. The van der Waals surface area contributed by atoms with Crippen LogP contribution in [0.1, 0.15) is 66.9 Å². The van der Waals surface area contributed by atoms with Crippen LogP contribution < -0.4 is 15.0 Å². The van der Waals surface area contributed by atoms with Crippen molar-refractivity contribution in [2.24, 2.45) is 0 Å². The number of hydrogen-bond acceptors (Lipinski definition) is 9. The average molecular weight is 597 g/mol. The summed E-state index contributed by atoms with van der Waals surface area (Å²) in [5, 5.41) is 18.2. The molecule has 3 aromatic rings. The van der Waals surface area contributed by atoms with Gasteiger partial charge >= 0.3 is 12.2 Å². The van der Waals surface area contributed by atoms with Crippen molar-refractivity contribution in [3.63, 3.8) is 0 Å². The quantitative estimate of drug-likeness (QED) is 0.344. The Morgan fingerprint density at radius 2 is 1.77 bits per heavy atom. The summed E-state index contributed by atoms with van der Waals surface area (Å²) < 4.78 is 18.7. The Kier molecular flexibility index (Phi) is 9.69. The van der Waals surface area contributed by atoms with Crippen molar-refractivity contribution in [2.75, 3.05) is 36.5 Å². The lowest BCUT2D eigenvalue weighted by Crippen LogP contribution is -2.47. The van der Waals surface area contributed by atoms with Crippen LogP contribution in [-0.2, 0) is 15.9 Å². The lowest BCUT2D eigenvalue weighted by Gasteiger charge is -2.35. The van der Waals surface area contributed by atoms with Crippen molar-refractivity contribution >= 4 is 35.2 Å². The minimum Gasteiger partial charge on any atom is -0.494 e. The molecule has 4 rings (SSSR count). The summed E-state index contributed by atoms with van der Waals surface area (Å²) in [6.45, 7) is 14.2. The molecule has 0 spiro atoms. The van der Waals surface area contributed by atoms with Crippen LogP contribution in [0.3, 0.4) is 0 Å². The first-order valence-electron chi connectivity index (χ1n) is 14.8. The van der Waals surface area contributed by atoms with Crippen LogP contribution in [0.2, 0.25) is 0 Å². The van der Waals surface area contributed by atoms with E-state index in [1.165, 1.54) is 4.90 Å². The second-order valence-corrected chi connectivity index (χ2v) is 12.5. The van der Waals surface area contributed by atoms with E-state index in [1.807, 2.05) is 27.7 Å². The van der Waals surface area contributed by atoms with Gasteiger partial charge in [-0.2, -0.15) is 9.61 Å². The maximum Gasteiger partial charge on any atom is 0.420 e. The third-order valence-corrected chi connectivity index (χ3v) is 6.58. The van der Waals surface area contributed by atoms with Crippen molar-refractivity contribution < 1.29 is 28.9 Å². The lowest BCUT2D eigenvalue weighted by atomic mass is 10.1. The molecular weight excluding hydrogens is 552 g/mol. The molecule has 0 aliphatic carbocycles. The number of benzene rings is 1. The van der Waals surface area contributed by atoms with Crippen LogP contribution >= 0.6 is 0 Å². The Bertz CT molecular complexity index is 1410. The van der Waals surface area contributed by atoms with Crippen molar-refractivity contribution in [1.29, 1.82) is 0 Å². The normalized spacial score (nSPS) is 15.7. The third kappa shape index (κ3) is 8.07. The number of aliphatic hydroxyl groups excluding tert-OH is 1. The Morgan fingerprint density at radius 3 is 2.40 bits per heavy atom. The number of rotatable bonds is 8. The van der Waals surface area contributed by atoms with Gasteiger partial charge in [-0.3, -0.25) is 0 Å². The maximum absolute atomic E-state index is 13.9. The van der Waals surface area contributed by atoms with Crippen molar-refractivity contribution in [1.82, 2.24) is 19.5 Å². The molecule has 1 aliphatic rings. The molecule has 1 atom stereocenters. The molecule has 234 valence electrons. The van der Waals surface area contributed by atoms with Gasteiger partial charge in [0.15, 0.2) is 11.5 Å². The van der Waals surface area contributed by atoms with E-state index in [2.05, 4.69) is 10.4 Å². The fourth-order valence-electron chi connectivity index (χ4n) is 4.91. The third-order valence-electron chi connectivity index (χ3n) is 6.58. The Labute approximate surface area is 252 Å². The van der Waals surface area contributed by atoms with Crippen LogP contribution in [0, 0.1) is 0 Å². The second-order valence-electron chi connectivity index (χ2n) is 12.5. The topological polar surface area (TPSA) is 131 Å². The van der Waals surface area contributed by atoms with E-state index in [0.717, 1.165) is 12.8 Å². The lowest BCUT2D eigenvalue weighted by molar-refractivity contribution is 0.0206. The van der Waals surface area contributed by atoms with Crippen molar-refractivity contribution in [3.05, 3.63) is 42.1 Å². The highest BCUT2D eigenvalue weighted by atomic mass is 16.6. The summed E-state index contributed by atoms with van der Waals surface area (Å²) in [6.07, 6.45) is 2.39. The van der Waals surface area contributed by atoms with E-state index in [0.29, 0.717) is 54.0 Å². The van der Waals surface area contributed by atoms with E-state index in [4.69, 9.17) is 19.2 Å². The largest absolute Gasteiger partial charge is 0.494 e. The zero-order chi connectivity index (χ0) is 31.4. The maximum atomic E-state index is 13.9. The number of ether oxygens (including phenoxy) is 3. The fraction of sp³-hybridized carbons (Fsp3) is 0.548. The molecule has 1 saturated heterocycles. The predicted molar refractivity (Wildman–Crippen MR) is 164 cm³/mol. The standard InChI is InChI=1S/C31H44N6O6/c1-8-41-23-13-11-22(12-14-23)36(29(40)43-31(5,6)7)27-24(16-19-38)26(34-25-15-17-32-37(25)27)33-21-10-9-18-35(20-21)28(39)42-30(2,3)4/h11-15,17,21,38H,8-10,16,18-20H2,1-7H3,(H,33,34). The van der Waals surface area contributed by atoms with Gasteiger partial charge in [0.1, 0.15) is 22.8 Å². The molecule has 43 heavy (non-hydrogen) atoms.